The van der Waals surface area contributed by atoms with Crippen molar-refractivity contribution < 1.29 is 41.3 Å². The first-order chi connectivity index (χ1) is 21.1. The highest BCUT2D eigenvalue weighted by Gasteiger charge is 2.62. The van der Waals surface area contributed by atoms with Gasteiger partial charge in [-0.05, 0) is 73.1 Å². The second-order valence-electron chi connectivity index (χ2n) is 13.8. The fraction of sp³-hybridized carbons (Fsp3) is 0.677. The maximum absolute atomic E-state index is 14.2. The minimum atomic E-state index is -4.25. The van der Waals surface area contributed by atoms with Gasteiger partial charge in [0.25, 0.3) is 10.1 Å². The Hall–Kier alpha value is -2.71. The van der Waals surface area contributed by atoms with Crippen LogP contribution in [0.1, 0.15) is 66.2 Å². The molecule has 2 N–H and O–H groups in total. The fourth-order valence-corrected chi connectivity index (χ4v) is 8.17. The number of esters is 1. The molecule has 1 aromatic carbocycles. The van der Waals surface area contributed by atoms with Crippen molar-refractivity contribution in [2.24, 2.45) is 23.2 Å². The summed E-state index contributed by atoms with van der Waals surface area (Å²) in [5, 5.41) is 5.54. The van der Waals surface area contributed by atoms with E-state index in [9.17, 15) is 27.6 Å². The SMILES string of the molecule is CC[C@@H]1C[C@]1(NC(=O)[C@@H]1C[C@H](OS(=O)(=O)c2ccc(Br)cc2)CN1C(=O)C(NC(=O)OC1C[C@@H]2C[C@@H]2C1)C(C)(C)C)C(=O)OC. The number of hydrogen-bond donors (Lipinski definition) is 2. The van der Waals surface area contributed by atoms with Gasteiger partial charge < -0.3 is 25.0 Å². The van der Waals surface area contributed by atoms with E-state index in [0.29, 0.717) is 29.2 Å². The summed E-state index contributed by atoms with van der Waals surface area (Å²) in [5.74, 6) is -0.725. The van der Waals surface area contributed by atoms with Gasteiger partial charge in [0, 0.05) is 17.4 Å². The maximum Gasteiger partial charge on any atom is 0.408 e. The van der Waals surface area contributed by atoms with E-state index in [1.165, 1.54) is 30.6 Å². The molecule has 4 fully saturated rings. The van der Waals surface area contributed by atoms with Gasteiger partial charge in [-0.3, -0.25) is 13.8 Å². The summed E-state index contributed by atoms with van der Waals surface area (Å²) >= 11 is 3.28. The van der Waals surface area contributed by atoms with E-state index < -0.39 is 63.1 Å². The van der Waals surface area contributed by atoms with Crippen LogP contribution in [0.4, 0.5) is 4.79 Å². The highest BCUT2D eigenvalue weighted by molar-refractivity contribution is 9.10. The molecule has 45 heavy (non-hydrogen) atoms. The molecule has 4 aliphatic rings. The fourth-order valence-electron chi connectivity index (χ4n) is 6.83. The number of ether oxygens (including phenoxy) is 2. The highest BCUT2D eigenvalue weighted by atomic mass is 79.9. The third-order valence-electron chi connectivity index (χ3n) is 9.56. The van der Waals surface area contributed by atoms with Gasteiger partial charge in [-0.2, -0.15) is 8.42 Å². The quantitative estimate of drug-likeness (QED) is 0.274. The topological polar surface area (TPSA) is 157 Å². The molecule has 3 amide bonds. The molecule has 3 aliphatic carbocycles. The molecule has 0 radical (unpaired) electrons. The van der Waals surface area contributed by atoms with Crippen LogP contribution in [0.2, 0.25) is 0 Å². The molecule has 14 heteroatoms. The molecule has 2 unspecified atom stereocenters. The van der Waals surface area contributed by atoms with Gasteiger partial charge in [0.1, 0.15) is 23.7 Å². The Morgan fingerprint density at radius 1 is 1.04 bits per heavy atom. The number of carbonyl (C=O) groups is 4. The number of nitrogens with one attached hydrogen (secondary N) is 2. The number of benzene rings is 1. The molecule has 8 atom stereocenters. The number of methoxy groups -OCH3 is 1. The van der Waals surface area contributed by atoms with Crippen molar-refractivity contribution >= 4 is 49.9 Å². The lowest BCUT2D eigenvalue weighted by Crippen LogP contribution is -2.59. The van der Waals surface area contributed by atoms with Crippen molar-refractivity contribution in [3.05, 3.63) is 28.7 Å². The van der Waals surface area contributed by atoms with Gasteiger partial charge in [0.05, 0.1) is 18.1 Å². The molecule has 1 saturated heterocycles. The van der Waals surface area contributed by atoms with Crippen molar-refractivity contribution in [3.8, 4) is 0 Å². The Balaban J connectivity index is 1.37. The van der Waals surface area contributed by atoms with Crippen molar-refractivity contribution in [2.45, 2.75) is 101 Å². The van der Waals surface area contributed by atoms with Crippen LogP contribution in [-0.2, 0) is 38.2 Å². The van der Waals surface area contributed by atoms with Crippen LogP contribution in [0.15, 0.2) is 33.6 Å². The first kappa shape index (κ1) is 33.6. The molecule has 12 nitrogen and oxygen atoms in total. The molecule has 0 aromatic heterocycles. The number of carbonyl (C=O) groups excluding carboxylic acids is 4. The van der Waals surface area contributed by atoms with Gasteiger partial charge in [-0.25, -0.2) is 9.59 Å². The molecule has 1 aliphatic heterocycles. The molecule has 248 valence electrons. The average Bonchev–Trinajstić information content (AvgIpc) is 3.78. The summed E-state index contributed by atoms with van der Waals surface area (Å²) in [4.78, 5) is 54.9. The van der Waals surface area contributed by atoms with E-state index in [1.807, 2.05) is 6.92 Å². The number of likely N-dealkylation sites (tertiary alicyclic amines) is 1. The van der Waals surface area contributed by atoms with E-state index in [4.69, 9.17) is 13.7 Å². The van der Waals surface area contributed by atoms with Gasteiger partial charge in [0.15, 0.2) is 0 Å². The largest absolute Gasteiger partial charge is 0.467 e. The molecule has 1 heterocycles. The van der Waals surface area contributed by atoms with Gasteiger partial charge in [0.2, 0.25) is 11.8 Å². The summed E-state index contributed by atoms with van der Waals surface area (Å²) in [6.07, 6.45) is 1.69. The monoisotopic (exact) mass is 711 g/mol. The maximum atomic E-state index is 14.2. The molecular formula is C31H42BrN3O9S. The predicted molar refractivity (Wildman–Crippen MR) is 165 cm³/mol. The number of rotatable bonds is 10. The number of alkyl carbamates (subject to hydrolysis) is 1. The Bertz CT molecular complexity index is 1440. The summed E-state index contributed by atoms with van der Waals surface area (Å²) in [5.41, 5.74) is -2.01. The molecule has 0 spiro atoms. The molecule has 0 bridgehead atoms. The van der Waals surface area contributed by atoms with Crippen molar-refractivity contribution in [1.82, 2.24) is 15.5 Å². The summed E-state index contributed by atoms with van der Waals surface area (Å²) in [6, 6.07) is 3.63. The van der Waals surface area contributed by atoms with Crippen molar-refractivity contribution in [2.75, 3.05) is 13.7 Å². The second kappa shape index (κ2) is 12.5. The number of nitrogens with zero attached hydrogens (tertiary/aromatic N) is 1. The number of halogens is 1. The first-order valence-corrected chi connectivity index (χ1v) is 17.6. The zero-order valence-electron chi connectivity index (χ0n) is 26.2. The Labute approximate surface area is 272 Å². The van der Waals surface area contributed by atoms with E-state index in [-0.39, 0.29) is 29.9 Å². The molecular weight excluding hydrogens is 670 g/mol. The smallest absolute Gasteiger partial charge is 0.408 e. The van der Waals surface area contributed by atoms with Crippen LogP contribution in [0, 0.1) is 23.2 Å². The number of fused-ring (bicyclic) bond motifs is 1. The summed E-state index contributed by atoms with van der Waals surface area (Å²) in [6.45, 7) is 7.00. The number of amides is 3. The van der Waals surface area contributed by atoms with Crippen LogP contribution in [0.5, 0.6) is 0 Å². The van der Waals surface area contributed by atoms with Crippen LogP contribution >= 0.6 is 15.9 Å². The Kier molecular flexibility index (Phi) is 9.33. The van der Waals surface area contributed by atoms with Gasteiger partial charge in [-0.15, -0.1) is 0 Å². The van der Waals surface area contributed by atoms with Crippen LogP contribution in [0.25, 0.3) is 0 Å². The lowest BCUT2D eigenvalue weighted by Gasteiger charge is -2.35. The Morgan fingerprint density at radius 3 is 2.24 bits per heavy atom. The van der Waals surface area contributed by atoms with Crippen LogP contribution in [0.3, 0.4) is 0 Å². The molecule has 5 rings (SSSR count). The molecule has 1 aromatic rings. The zero-order chi connectivity index (χ0) is 32.9. The lowest BCUT2D eigenvalue weighted by atomic mass is 9.85. The zero-order valence-corrected chi connectivity index (χ0v) is 28.6. The van der Waals surface area contributed by atoms with Crippen LogP contribution < -0.4 is 10.6 Å². The van der Waals surface area contributed by atoms with Gasteiger partial charge >= 0.3 is 12.1 Å². The van der Waals surface area contributed by atoms with E-state index in [2.05, 4.69) is 26.6 Å². The average molecular weight is 713 g/mol. The third kappa shape index (κ3) is 7.17. The minimum absolute atomic E-state index is 0.0774. The van der Waals surface area contributed by atoms with Crippen LogP contribution in [-0.4, -0.2) is 80.7 Å². The number of hydrogen-bond acceptors (Lipinski definition) is 9. The summed E-state index contributed by atoms with van der Waals surface area (Å²) < 4.78 is 43.2. The lowest BCUT2D eigenvalue weighted by molar-refractivity contribution is -0.148. The summed E-state index contributed by atoms with van der Waals surface area (Å²) in [7, 11) is -3.00. The third-order valence-corrected chi connectivity index (χ3v) is 11.5. The van der Waals surface area contributed by atoms with E-state index in [1.54, 1.807) is 32.9 Å². The first-order valence-electron chi connectivity index (χ1n) is 15.4. The standard InChI is InChI=1S/C31H42BrN3O9S/c1-6-19-15-31(19,28(38)42-5)34-26(36)24-14-22(44-45(40,41)23-9-7-20(32)8-10-23)16-35(24)27(37)25(30(2,3)4)33-29(39)43-21-12-17-11-18(17)13-21/h7-10,17-19,21-22,24-25H,6,11-16H2,1-5H3,(H,33,39)(H,34,36)/t17-,18+,19-,21?,22+,24+,25?,31-/m1/s1. The predicted octanol–water partition coefficient (Wildman–Crippen LogP) is 3.52. The second-order valence-corrected chi connectivity index (χ2v) is 16.3. The molecule has 3 saturated carbocycles. The Morgan fingerprint density at radius 2 is 1.69 bits per heavy atom. The van der Waals surface area contributed by atoms with E-state index >= 15 is 0 Å². The normalized spacial score (nSPS) is 31.0. The van der Waals surface area contributed by atoms with Crippen molar-refractivity contribution in [3.63, 3.8) is 0 Å². The van der Waals surface area contributed by atoms with E-state index in [0.717, 1.165) is 12.8 Å². The highest BCUT2D eigenvalue weighted by Crippen LogP contribution is 2.52. The van der Waals surface area contributed by atoms with Gasteiger partial charge in [-0.1, -0.05) is 50.0 Å². The van der Waals surface area contributed by atoms with Crippen molar-refractivity contribution in [1.29, 1.82) is 0 Å². The minimum Gasteiger partial charge on any atom is -0.467 e.